The summed E-state index contributed by atoms with van der Waals surface area (Å²) in [7, 11) is 1.99. The number of para-hydroxylation sites is 1. The second-order valence-corrected chi connectivity index (χ2v) is 8.41. The van der Waals surface area contributed by atoms with Gasteiger partial charge >= 0.3 is 0 Å². The van der Waals surface area contributed by atoms with E-state index in [9.17, 15) is 9.59 Å². The van der Waals surface area contributed by atoms with Crippen LogP contribution in [0.3, 0.4) is 0 Å². The molecule has 0 radical (unpaired) electrons. The van der Waals surface area contributed by atoms with Crippen molar-refractivity contribution in [1.29, 1.82) is 0 Å². The van der Waals surface area contributed by atoms with Crippen molar-refractivity contribution in [2.24, 2.45) is 7.05 Å². The van der Waals surface area contributed by atoms with Gasteiger partial charge in [0.1, 0.15) is 6.04 Å². The molecule has 3 aromatic carbocycles. The fourth-order valence-corrected chi connectivity index (χ4v) is 5.36. The highest BCUT2D eigenvalue weighted by atomic mass is 32.2. The van der Waals surface area contributed by atoms with Crippen LogP contribution in [0.25, 0.3) is 10.9 Å². The fourth-order valence-electron chi connectivity index (χ4n) is 4.26. The molecule has 5 heteroatoms. The number of fused-ring (bicyclic) bond motifs is 3. The number of aryl methyl sites for hydroxylation is 1. The molecule has 4 aromatic rings. The number of rotatable bonds is 3. The number of benzene rings is 3. The number of nitrogens with one attached hydrogen (secondary N) is 1. The van der Waals surface area contributed by atoms with E-state index in [0.717, 1.165) is 27.1 Å². The van der Waals surface area contributed by atoms with E-state index in [1.54, 1.807) is 12.1 Å². The fraction of sp³-hybridized carbons (Fsp3) is 0.120. The minimum absolute atomic E-state index is 0.0495. The molecule has 2 heterocycles. The largest absolute Gasteiger partial charge is 0.340 e. The SMILES string of the molecule is Cn1c2c(c3ccccc31)[C@@H](c1ccccc1)[C@@H](NC(=O)c1ccccc1)C(=O)S2. The lowest BCUT2D eigenvalue weighted by Gasteiger charge is -2.32. The maximum atomic E-state index is 13.3. The summed E-state index contributed by atoms with van der Waals surface area (Å²) < 4.78 is 2.08. The number of aromatic nitrogens is 1. The minimum Gasteiger partial charge on any atom is -0.340 e. The molecular formula is C25H20N2O2S. The summed E-state index contributed by atoms with van der Waals surface area (Å²) in [5, 5.41) is 5.04. The average molecular weight is 413 g/mol. The van der Waals surface area contributed by atoms with E-state index >= 15 is 0 Å². The van der Waals surface area contributed by atoms with Crippen LogP contribution < -0.4 is 5.32 Å². The Labute approximate surface area is 178 Å². The molecule has 0 spiro atoms. The van der Waals surface area contributed by atoms with Crippen LogP contribution in [0.2, 0.25) is 0 Å². The van der Waals surface area contributed by atoms with Crippen LogP contribution in [0.4, 0.5) is 0 Å². The zero-order chi connectivity index (χ0) is 20.7. The Balaban J connectivity index is 1.67. The number of amides is 1. The maximum absolute atomic E-state index is 13.3. The summed E-state index contributed by atoms with van der Waals surface area (Å²) in [5.41, 5.74) is 3.74. The van der Waals surface area contributed by atoms with Gasteiger partial charge in [0.2, 0.25) is 5.12 Å². The molecule has 0 saturated heterocycles. The lowest BCUT2D eigenvalue weighted by atomic mass is 9.84. The summed E-state index contributed by atoms with van der Waals surface area (Å²) in [4.78, 5) is 26.2. The highest BCUT2D eigenvalue weighted by molar-refractivity contribution is 8.13. The van der Waals surface area contributed by atoms with E-state index in [1.807, 2.05) is 67.7 Å². The number of hydrogen-bond acceptors (Lipinski definition) is 3. The number of nitrogens with zero attached hydrogens (tertiary/aromatic N) is 1. The van der Waals surface area contributed by atoms with Crippen LogP contribution in [0.1, 0.15) is 27.4 Å². The van der Waals surface area contributed by atoms with Crippen LogP contribution in [0, 0.1) is 0 Å². The normalized spacial score (nSPS) is 18.2. The molecule has 1 aromatic heterocycles. The Bertz CT molecular complexity index is 1250. The first-order valence-corrected chi connectivity index (χ1v) is 10.7. The molecule has 30 heavy (non-hydrogen) atoms. The van der Waals surface area contributed by atoms with Crippen LogP contribution in [-0.2, 0) is 11.8 Å². The number of carbonyl (C=O) groups excluding carboxylic acids is 2. The molecular weight excluding hydrogens is 392 g/mol. The van der Waals surface area contributed by atoms with Crippen molar-refractivity contribution < 1.29 is 9.59 Å². The molecule has 0 unspecified atom stereocenters. The van der Waals surface area contributed by atoms with Crippen molar-refractivity contribution in [1.82, 2.24) is 9.88 Å². The number of carbonyl (C=O) groups is 2. The second kappa shape index (κ2) is 7.50. The first-order valence-electron chi connectivity index (χ1n) is 9.85. The smallest absolute Gasteiger partial charge is 0.251 e. The topological polar surface area (TPSA) is 51.1 Å². The van der Waals surface area contributed by atoms with Crippen molar-refractivity contribution in [3.63, 3.8) is 0 Å². The second-order valence-electron chi connectivity index (χ2n) is 7.42. The maximum Gasteiger partial charge on any atom is 0.251 e. The lowest BCUT2D eigenvalue weighted by Crippen LogP contribution is -2.46. The number of thioether (sulfide) groups is 1. The Morgan fingerprint density at radius 1 is 0.900 bits per heavy atom. The monoisotopic (exact) mass is 412 g/mol. The van der Waals surface area contributed by atoms with Gasteiger partial charge in [-0.25, -0.2) is 0 Å². The van der Waals surface area contributed by atoms with Gasteiger partial charge in [0.25, 0.3) is 5.91 Å². The summed E-state index contributed by atoms with van der Waals surface area (Å²) in [6.45, 7) is 0. The zero-order valence-electron chi connectivity index (χ0n) is 16.4. The molecule has 1 aliphatic heterocycles. The molecule has 4 nitrogen and oxygen atoms in total. The number of hydrogen-bond donors (Lipinski definition) is 1. The molecule has 5 rings (SSSR count). The van der Waals surface area contributed by atoms with Crippen LogP contribution in [0.5, 0.6) is 0 Å². The van der Waals surface area contributed by atoms with E-state index in [4.69, 9.17) is 0 Å². The van der Waals surface area contributed by atoms with Gasteiger partial charge in [-0.05, 0) is 35.5 Å². The predicted molar refractivity (Wildman–Crippen MR) is 120 cm³/mol. The third-order valence-electron chi connectivity index (χ3n) is 5.67. The van der Waals surface area contributed by atoms with E-state index < -0.39 is 6.04 Å². The predicted octanol–water partition coefficient (Wildman–Crippen LogP) is 4.74. The van der Waals surface area contributed by atoms with Crippen molar-refractivity contribution in [2.75, 3.05) is 0 Å². The highest BCUT2D eigenvalue weighted by Crippen LogP contribution is 2.47. The average Bonchev–Trinajstić information content (AvgIpc) is 3.07. The molecule has 1 N–H and O–H groups in total. The molecule has 0 aliphatic carbocycles. The molecule has 148 valence electrons. The Morgan fingerprint density at radius 2 is 1.53 bits per heavy atom. The summed E-state index contributed by atoms with van der Waals surface area (Å²) >= 11 is 1.22. The third-order valence-corrected chi connectivity index (χ3v) is 6.81. The Kier molecular flexibility index (Phi) is 4.68. The summed E-state index contributed by atoms with van der Waals surface area (Å²) in [6, 6.07) is 26.5. The van der Waals surface area contributed by atoms with Crippen LogP contribution in [-0.4, -0.2) is 21.6 Å². The van der Waals surface area contributed by atoms with Crippen molar-refractivity contribution in [3.8, 4) is 0 Å². The zero-order valence-corrected chi connectivity index (χ0v) is 17.2. The highest BCUT2D eigenvalue weighted by Gasteiger charge is 2.41. The lowest BCUT2D eigenvalue weighted by molar-refractivity contribution is -0.113. The third kappa shape index (κ3) is 3.02. The minimum atomic E-state index is -0.650. The molecule has 0 fully saturated rings. The van der Waals surface area contributed by atoms with Gasteiger partial charge in [-0.15, -0.1) is 0 Å². The molecule has 2 atom stereocenters. The van der Waals surface area contributed by atoms with Gasteiger partial charge in [0.05, 0.1) is 5.03 Å². The Morgan fingerprint density at radius 3 is 2.27 bits per heavy atom. The van der Waals surface area contributed by atoms with E-state index in [-0.39, 0.29) is 16.9 Å². The summed E-state index contributed by atoms with van der Waals surface area (Å²) in [5.74, 6) is -0.493. The van der Waals surface area contributed by atoms with Crippen LogP contribution in [0.15, 0.2) is 90.0 Å². The van der Waals surface area contributed by atoms with Gasteiger partial charge in [-0.2, -0.15) is 0 Å². The van der Waals surface area contributed by atoms with Gasteiger partial charge < -0.3 is 9.88 Å². The standard InChI is InChI=1S/C25H20N2O2S/c1-27-19-15-9-8-14-18(19)21-20(16-10-4-2-5-11-16)22(25(29)30-24(21)27)26-23(28)17-12-6-3-7-13-17/h2-15,20,22H,1H3,(H,26,28)/t20-,22-/m1/s1. The quantitative estimate of drug-likeness (QED) is 0.529. The van der Waals surface area contributed by atoms with E-state index in [2.05, 4.69) is 22.0 Å². The first kappa shape index (κ1) is 18.7. The molecule has 0 saturated carbocycles. The van der Waals surface area contributed by atoms with Gasteiger partial charge in [-0.3, -0.25) is 9.59 Å². The first-order chi connectivity index (χ1) is 14.6. The molecule has 1 amide bonds. The van der Waals surface area contributed by atoms with Crippen LogP contribution >= 0.6 is 11.8 Å². The van der Waals surface area contributed by atoms with Crippen molar-refractivity contribution in [2.45, 2.75) is 17.0 Å². The van der Waals surface area contributed by atoms with Gasteiger partial charge in [-0.1, -0.05) is 66.7 Å². The van der Waals surface area contributed by atoms with Crippen molar-refractivity contribution in [3.05, 3.63) is 102 Å². The van der Waals surface area contributed by atoms with Crippen molar-refractivity contribution >= 4 is 33.7 Å². The van der Waals surface area contributed by atoms with E-state index in [0.29, 0.717) is 5.56 Å². The van der Waals surface area contributed by atoms with Gasteiger partial charge in [0.15, 0.2) is 0 Å². The molecule has 0 bridgehead atoms. The Hall–Kier alpha value is -3.31. The summed E-state index contributed by atoms with van der Waals surface area (Å²) in [6.07, 6.45) is 0. The van der Waals surface area contributed by atoms with E-state index in [1.165, 1.54) is 11.8 Å². The molecule has 1 aliphatic rings. The van der Waals surface area contributed by atoms with Gasteiger partial charge in [0, 0.05) is 35.0 Å².